The van der Waals surface area contributed by atoms with Gasteiger partial charge in [0.05, 0.1) is 6.54 Å². The monoisotopic (exact) mass is 407 g/mol. The lowest BCUT2D eigenvalue weighted by molar-refractivity contribution is -0.126. The van der Waals surface area contributed by atoms with Crippen molar-refractivity contribution < 1.29 is 9.59 Å². The van der Waals surface area contributed by atoms with Crippen LogP contribution in [-0.2, 0) is 9.59 Å². The number of amides is 2. The third-order valence-corrected chi connectivity index (χ3v) is 6.68. The summed E-state index contributed by atoms with van der Waals surface area (Å²) in [5.74, 6) is 0.971. The van der Waals surface area contributed by atoms with E-state index in [0.29, 0.717) is 12.5 Å². The Balaban J connectivity index is 1.21. The van der Waals surface area contributed by atoms with Crippen LogP contribution in [0.25, 0.3) is 10.8 Å². The standard InChI is InChI=1S/C25H33N3O2/c29-24(27-23-12-6-10-20-9-4-5-11-22(20)23)18-28-15-13-21(14-16-28)25(30)26-17-19-7-2-1-3-8-19/h4-6,9-12,19,21H,1-3,7-8,13-18H2,(H,26,30)(H,27,29). The van der Waals surface area contributed by atoms with Gasteiger partial charge in [0.2, 0.25) is 11.8 Å². The predicted octanol–water partition coefficient (Wildman–Crippen LogP) is 4.19. The molecule has 0 bridgehead atoms. The van der Waals surface area contributed by atoms with E-state index in [-0.39, 0.29) is 17.7 Å². The molecule has 2 amide bonds. The van der Waals surface area contributed by atoms with Crippen LogP contribution >= 0.6 is 0 Å². The van der Waals surface area contributed by atoms with Gasteiger partial charge in [-0.05, 0) is 56.1 Å². The quantitative estimate of drug-likeness (QED) is 0.755. The summed E-state index contributed by atoms with van der Waals surface area (Å²) < 4.78 is 0. The van der Waals surface area contributed by atoms with Crippen molar-refractivity contribution in [3.63, 3.8) is 0 Å². The zero-order valence-electron chi connectivity index (χ0n) is 17.7. The van der Waals surface area contributed by atoms with Gasteiger partial charge in [-0.15, -0.1) is 0 Å². The summed E-state index contributed by atoms with van der Waals surface area (Å²) >= 11 is 0. The lowest BCUT2D eigenvalue weighted by Gasteiger charge is -2.31. The second kappa shape index (κ2) is 10.1. The minimum atomic E-state index is 0.00607. The van der Waals surface area contributed by atoms with E-state index < -0.39 is 0 Å². The van der Waals surface area contributed by atoms with Crippen molar-refractivity contribution in [2.24, 2.45) is 11.8 Å². The van der Waals surface area contributed by atoms with Crippen LogP contribution in [0.15, 0.2) is 42.5 Å². The number of nitrogens with zero attached hydrogens (tertiary/aromatic N) is 1. The Labute approximate surface area is 179 Å². The normalized spacial score (nSPS) is 18.9. The van der Waals surface area contributed by atoms with Gasteiger partial charge in [0, 0.05) is 23.5 Å². The van der Waals surface area contributed by atoms with Crippen LogP contribution in [0.2, 0.25) is 0 Å². The first-order valence-corrected chi connectivity index (χ1v) is 11.5. The van der Waals surface area contributed by atoms with E-state index in [4.69, 9.17) is 0 Å². The zero-order chi connectivity index (χ0) is 20.8. The molecule has 160 valence electrons. The predicted molar refractivity (Wildman–Crippen MR) is 121 cm³/mol. The lowest BCUT2D eigenvalue weighted by Crippen LogP contribution is -2.44. The van der Waals surface area contributed by atoms with Crippen LogP contribution in [0.3, 0.4) is 0 Å². The fourth-order valence-electron chi connectivity index (χ4n) is 4.86. The van der Waals surface area contributed by atoms with Crippen molar-refractivity contribution in [2.45, 2.75) is 44.9 Å². The summed E-state index contributed by atoms with van der Waals surface area (Å²) in [4.78, 5) is 27.3. The molecular formula is C25H33N3O2. The van der Waals surface area contributed by atoms with Gasteiger partial charge in [-0.1, -0.05) is 55.7 Å². The average Bonchev–Trinajstić information content (AvgIpc) is 2.79. The SMILES string of the molecule is O=C(CN1CCC(C(=O)NCC2CCCCC2)CC1)Nc1cccc2ccccc12. The molecule has 1 saturated heterocycles. The Hall–Kier alpha value is -2.40. The number of rotatable bonds is 6. The number of benzene rings is 2. The van der Waals surface area contributed by atoms with Crippen molar-refractivity contribution in [3.8, 4) is 0 Å². The third-order valence-electron chi connectivity index (χ3n) is 6.68. The number of hydrogen-bond donors (Lipinski definition) is 2. The van der Waals surface area contributed by atoms with Gasteiger partial charge >= 0.3 is 0 Å². The summed E-state index contributed by atoms with van der Waals surface area (Å²) in [6.07, 6.45) is 8.13. The maximum absolute atomic E-state index is 12.6. The fourth-order valence-corrected chi connectivity index (χ4v) is 4.86. The molecule has 5 heteroatoms. The van der Waals surface area contributed by atoms with Crippen molar-refractivity contribution in [2.75, 3.05) is 31.5 Å². The summed E-state index contributed by atoms with van der Waals surface area (Å²) in [6.45, 7) is 2.81. The Kier molecular flexibility index (Phi) is 7.00. The summed E-state index contributed by atoms with van der Waals surface area (Å²) in [5, 5.41) is 8.43. The topological polar surface area (TPSA) is 61.4 Å². The first-order chi connectivity index (χ1) is 14.7. The molecule has 4 rings (SSSR count). The van der Waals surface area contributed by atoms with Crippen molar-refractivity contribution >= 4 is 28.3 Å². The molecule has 2 aromatic carbocycles. The molecule has 30 heavy (non-hydrogen) atoms. The van der Waals surface area contributed by atoms with Gasteiger partial charge in [-0.2, -0.15) is 0 Å². The molecule has 2 aromatic rings. The number of carbonyl (C=O) groups excluding carboxylic acids is 2. The maximum atomic E-state index is 12.6. The first-order valence-electron chi connectivity index (χ1n) is 11.5. The van der Waals surface area contributed by atoms with Crippen LogP contribution in [0.4, 0.5) is 5.69 Å². The molecule has 0 spiro atoms. The second-order valence-corrected chi connectivity index (χ2v) is 8.87. The van der Waals surface area contributed by atoms with Crippen LogP contribution in [0, 0.1) is 11.8 Å². The van der Waals surface area contributed by atoms with Crippen molar-refractivity contribution in [3.05, 3.63) is 42.5 Å². The summed E-state index contributed by atoms with van der Waals surface area (Å²) in [5.41, 5.74) is 0.857. The molecule has 0 aromatic heterocycles. The Morgan fingerprint density at radius 2 is 1.63 bits per heavy atom. The molecule has 0 atom stereocenters. The second-order valence-electron chi connectivity index (χ2n) is 8.87. The molecule has 0 unspecified atom stereocenters. The fraction of sp³-hybridized carbons (Fsp3) is 0.520. The number of anilines is 1. The number of hydrogen-bond acceptors (Lipinski definition) is 3. The molecule has 2 aliphatic rings. The van der Waals surface area contributed by atoms with Crippen LogP contribution in [-0.4, -0.2) is 42.9 Å². The van der Waals surface area contributed by atoms with E-state index in [1.54, 1.807) is 0 Å². The Bertz CT molecular complexity index is 862. The molecular weight excluding hydrogens is 374 g/mol. The van der Waals surface area contributed by atoms with E-state index in [9.17, 15) is 9.59 Å². The molecule has 5 nitrogen and oxygen atoms in total. The van der Waals surface area contributed by atoms with Gasteiger partial charge in [0.1, 0.15) is 0 Å². The summed E-state index contributed by atoms with van der Waals surface area (Å²) in [6, 6.07) is 14.0. The van der Waals surface area contributed by atoms with Gasteiger partial charge < -0.3 is 10.6 Å². The molecule has 2 N–H and O–H groups in total. The lowest BCUT2D eigenvalue weighted by atomic mass is 9.89. The van der Waals surface area contributed by atoms with E-state index in [0.717, 1.165) is 48.9 Å². The number of likely N-dealkylation sites (tertiary alicyclic amines) is 1. The zero-order valence-corrected chi connectivity index (χ0v) is 17.7. The molecule has 2 fully saturated rings. The van der Waals surface area contributed by atoms with Gasteiger partial charge in [0.15, 0.2) is 0 Å². The van der Waals surface area contributed by atoms with E-state index in [1.165, 1.54) is 32.1 Å². The molecule has 0 radical (unpaired) electrons. The van der Waals surface area contributed by atoms with Crippen molar-refractivity contribution in [1.82, 2.24) is 10.2 Å². The van der Waals surface area contributed by atoms with Gasteiger partial charge in [-0.25, -0.2) is 0 Å². The molecule has 1 heterocycles. The number of piperidine rings is 1. The highest BCUT2D eigenvalue weighted by molar-refractivity contribution is 6.02. The molecule has 1 aliphatic carbocycles. The van der Waals surface area contributed by atoms with Crippen LogP contribution in [0.1, 0.15) is 44.9 Å². The molecule has 1 aliphatic heterocycles. The smallest absolute Gasteiger partial charge is 0.238 e. The van der Waals surface area contributed by atoms with Gasteiger partial charge in [-0.3, -0.25) is 14.5 Å². The average molecular weight is 408 g/mol. The van der Waals surface area contributed by atoms with E-state index >= 15 is 0 Å². The third kappa shape index (κ3) is 5.39. The Morgan fingerprint density at radius 3 is 2.43 bits per heavy atom. The van der Waals surface area contributed by atoms with E-state index in [1.807, 2.05) is 30.3 Å². The maximum Gasteiger partial charge on any atom is 0.238 e. The number of fused-ring (bicyclic) bond motifs is 1. The largest absolute Gasteiger partial charge is 0.356 e. The highest BCUT2D eigenvalue weighted by Gasteiger charge is 2.26. The molecule has 1 saturated carbocycles. The highest BCUT2D eigenvalue weighted by atomic mass is 16.2. The first kappa shape index (κ1) is 20.9. The van der Waals surface area contributed by atoms with Crippen LogP contribution in [0.5, 0.6) is 0 Å². The highest BCUT2D eigenvalue weighted by Crippen LogP contribution is 2.24. The van der Waals surface area contributed by atoms with Crippen molar-refractivity contribution in [1.29, 1.82) is 0 Å². The van der Waals surface area contributed by atoms with E-state index in [2.05, 4.69) is 27.7 Å². The van der Waals surface area contributed by atoms with Gasteiger partial charge in [0.25, 0.3) is 0 Å². The Morgan fingerprint density at radius 1 is 0.900 bits per heavy atom. The number of carbonyl (C=O) groups is 2. The van der Waals surface area contributed by atoms with Crippen LogP contribution < -0.4 is 10.6 Å². The summed E-state index contributed by atoms with van der Waals surface area (Å²) in [7, 11) is 0. The minimum Gasteiger partial charge on any atom is -0.356 e. The minimum absolute atomic E-state index is 0.00607. The number of nitrogens with one attached hydrogen (secondary N) is 2.